The molecule has 0 fully saturated rings. The van der Waals surface area contributed by atoms with Gasteiger partial charge < -0.3 is 4.74 Å². The van der Waals surface area contributed by atoms with Crippen molar-refractivity contribution in [3.8, 4) is 18.1 Å². The summed E-state index contributed by atoms with van der Waals surface area (Å²) in [6, 6.07) is 7.37. The number of hydrogen-bond donors (Lipinski definition) is 0. The van der Waals surface area contributed by atoms with Crippen LogP contribution in [-0.2, 0) is 4.79 Å². The third kappa shape index (κ3) is 4.15. The molecule has 0 aliphatic heterocycles. The van der Waals surface area contributed by atoms with E-state index >= 15 is 0 Å². The molecule has 1 rings (SSSR count). The largest absolute Gasteiger partial charge is 0.481 e. The van der Waals surface area contributed by atoms with E-state index in [4.69, 9.17) is 11.2 Å². The van der Waals surface area contributed by atoms with Crippen LogP contribution in [0.15, 0.2) is 30.3 Å². The highest BCUT2D eigenvalue weighted by Gasteiger charge is 1.92. The van der Waals surface area contributed by atoms with Gasteiger partial charge in [-0.2, -0.15) is 0 Å². The van der Waals surface area contributed by atoms with Crippen LogP contribution < -0.4 is 4.74 Å². The molecule has 0 saturated heterocycles. The Morgan fingerprint density at radius 1 is 1.47 bits per heavy atom. The topological polar surface area (TPSA) is 26.3 Å². The quantitative estimate of drug-likeness (QED) is 0.550. The SMILES string of the molecule is C#CCOc1ccc(C=CC(C)=O)cc1. The first kappa shape index (κ1) is 11.1. The van der Waals surface area contributed by atoms with Crippen molar-refractivity contribution >= 4 is 11.9 Å². The van der Waals surface area contributed by atoms with Crippen molar-refractivity contribution in [1.82, 2.24) is 0 Å². The van der Waals surface area contributed by atoms with E-state index in [2.05, 4.69) is 5.92 Å². The lowest BCUT2D eigenvalue weighted by Crippen LogP contribution is -1.92. The number of hydrogen-bond acceptors (Lipinski definition) is 2. The molecule has 0 heterocycles. The molecule has 1 aromatic carbocycles. The zero-order chi connectivity index (χ0) is 11.1. The second kappa shape index (κ2) is 5.66. The molecule has 2 nitrogen and oxygen atoms in total. The normalized spacial score (nSPS) is 9.87. The van der Waals surface area contributed by atoms with Gasteiger partial charge in [-0.1, -0.05) is 24.1 Å². The Morgan fingerprint density at radius 2 is 2.13 bits per heavy atom. The van der Waals surface area contributed by atoms with Crippen LogP contribution in [0.1, 0.15) is 12.5 Å². The summed E-state index contributed by atoms with van der Waals surface area (Å²) in [6.45, 7) is 1.78. The van der Waals surface area contributed by atoms with Crippen molar-refractivity contribution in [2.24, 2.45) is 0 Å². The number of ketones is 1. The van der Waals surface area contributed by atoms with E-state index in [1.165, 1.54) is 13.0 Å². The van der Waals surface area contributed by atoms with Crippen molar-refractivity contribution < 1.29 is 9.53 Å². The van der Waals surface area contributed by atoms with Gasteiger partial charge in [-0.3, -0.25) is 4.79 Å². The lowest BCUT2D eigenvalue weighted by molar-refractivity contribution is -0.112. The van der Waals surface area contributed by atoms with Gasteiger partial charge in [0.05, 0.1) is 0 Å². The number of benzene rings is 1. The maximum Gasteiger partial charge on any atom is 0.152 e. The van der Waals surface area contributed by atoms with Gasteiger partial charge in [0.15, 0.2) is 5.78 Å². The lowest BCUT2D eigenvalue weighted by atomic mass is 10.2. The van der Waals surface area contributed by atoms with Gasteiger partial charge in [0, 0.05) is 0 Å². The Bertz CT molecular complexity index is 394. The smallest absolute Gasteiger partial charge is 0.152 e. The van der Waals surface area contributed by atoms with Crippen molar-refractivity contribution in [3.05, 3.63) is 35.9 Å². The first-order chi connectivity index (χ1) is 7.22. The number of ether oxygens (including phenoxy) is 1. The Labute approximate surface area is 89.6 Å². The van der Waals surface area contributed by atoms with Crippen molar-refractivity contribution in [2.75, 3.05) is 6.61 Å². The van der Waals surface area contributed by atoms with Crippen LogP contribution >= 0.6 is 0 Å². The minimum absolute atomic E-state index is 0.0302. The molecule has 0 aromatic heterocycles. The Balaban J connectivity index is 2.64. The van der Waals surface area contributed by atoms with Crippen molar-refractivity contribution in [3.63, 3.8) is 0 Å². The van der Waals surface area contributed by atoms with Gasteiger partial charge in [0.1, 0.15) is 12.4 Å². The molecule has 0 saturated carbocycles. The molecule has 2 heteroatoms. The van der Waals surface area contributed by atoms with Crippen LogP contribution in [0.2, 0.25) is 0 Å². The summed E-state index contributed by atoms with van der Waals surface area (Å²) in [7, 11) is 0. The molecule has 0 unspecified atom stereocenters. The maximum absolute atomic E-state index is 10.7. The minimum Gasteiger partial charge on any atom is -0.481 e. The van der Waals surface area contributed by atoms with E-state index in [1.807, 2.05) is 24.3 Å². The molecule has 0 aliphatic carbocycles. The fourth-order valence-electron chi connectivity index (χ4n) is 1.01. The zero-order valence-corrected chi connectivity index (χ0v) is 8.57. The molecule has 0 spiro atoms. The van der Waals surface area contributed by atoms with Crippen LogP contribution in [-0.4, -0.2) is 12.4 Å². The molecular formula is C13H12O2. The molecule has 0 amide bonds. The minimum atomic E-state index is 0.0302. The van der Waals surface area contributed by atoms with Gasteiger partial charge in [-0.15, -0.1) is 6.42 Å². The Hall–Kier alpha value is -2.01. The van der Waals surface area contributed by atoms with Gasteiger partial charge in [0.2, 0.25) is 0 Å². The summed E-state index contributed by atoms with van der Waals surface area (Å²) in [5, 5.41) is 0. The highest BCUT2D eigenvalue weighted by molar-refractivity contribution is 5.91. The number of rotatable bonds is 4. The highest BCUT2D eigenvalue weighted by atomic mass is 16.5. The molecule has 0 bridgehead atoms. The Kier molecular flexibility index (Phi) is 4.18. The summed E-state index contributed by atoms with van der Waals surface area (Å²) in [5.41, 5.74) is 0.957. The van der Waals surface area contributed by atoms with E-state index in [1.54, 1.807) is 6.08 Å². The molecular weight excluding hydrogens is 188 g/mol. The molecule has 0 N–H and O–H groups in total. The van der Waals surface area contributed by atoms with Crippen LogP contribution in [0.4, 0.5) is 0 Å². The molecule has 0 atom stereocenters. The van der Waals surface area contributed by atoms with Crippen LogP contribution in [0.25, 0.3) is 6.08 Å². The van der Waals surface area contributed by atoms with Crippen LogP contribution in [0, 0.1) is 12.3 Å². The second-order valence-corrected chi connectivity index (χ2v) is 3.01. The third-order valence-corrected chi connectivity index (χ3v) is 1.71. The monoisotopic (exact) mass is 200 g/mol. The van der Waals surface area contributed by atoms with Gasteiger partial charge in [-0.25, -0.2) is 0 Å². The highest BCUT2D eigenvalue weighted by Crippen LogP contribution is 2.12. The third-order valence-electron chi connectivity index (χ3n) is 1.71. The second-order valence-electron chi connectivity index (χ2n) is 3.01. The van der Waals surface area contributed by atoms with E-state index in [9.17, 15) is 4.79 Å². The summed E-state index contributed by atoms with van der Waals surface area (Å²) < 4.78 is 5.21. The summed E-state index contributed by atoms with van der Waals surface area (Å²) >= 11 is 0. The van der Waals surface area contributed by atoms with Gasteiger partial charge in [0.25, 0.3) is 0 Å². The zero-order valence-electron chi connectivity index (χ0n) is 8.57. The van der Waals surface area contributed by atoms with Crippen LogP contribution in [0.3, 0.4) is 0 Å². The summed E-state index contributed by atoms with van der Waals surface area (Å²) in [6.07, 6.45) is 8.35. The first-order valence-electron chi connectivity index (χ1n) is 4.57. The Morgan fingerprint density at radius 3 is 2.67 bits per heavy atom. The molecule has 76 valence electrons. The summed E-state index contributed by atoms with van der Waals surface area (Å²) in [4.78, 5) is 10.7. The first-order valence-corrected chi connectivity index (χ1v) is 4.57. The number of carbonyl (C=O) groups is 1. The predicted molar refractivity (Wildman–Crippen MR) is 60.5 cm³/mol. The molecule has 0 radical (unpaired) electrons. The molecule has 15 heavy (non-hydrogen) atoms. The van der Waals surface area contributed by atoms with Crippen molar-refractivity contribution in [1.29, 1.82) is 0 Å². The van der Waals surface area contributed by atoms with Crippen molar-refractivity contribution in [2.45, 2.75) is 6.92 Å². The van der Waals surface area contributed by atoms with E-state index in [0.29, 0.717) is 0 Å². The lowest BCUT2D eigenvalue weighted by Gasteiger charge is -2.01. The molecule has 0 aliphatic rings. The van der Waals surface area contributed by atoms with E-state index < -0.39 is 0 Å². The van der Waals surface area contributed by atoms with Gasteiger partial charge in [-0.05, 0) is 30.7 Å². The van der Waals surface area contributed by atoms with E-state index in [0.717, 1.165) is 11.3 Å². The fourth-order valence-corrected chi connectivity index (χ4v) is 1.01. The average molecular weight is 200 g/mol. The summed E-state index contributed by atoms with van der Waals surface area (Å²) in [5.74, 6) is 3.15. The van der Waals surface area contributed by atoms with E-state index in [-0.39, 0.29) is 12.4 Å². The maximum atomic E-state index is 10.7. The fraction of sp³-hybridized carbons (Fsp3) is 0.154. The molecule has 1 aromatic rings. The number of terminal acetylenes is 1. The van der Waals surface area contributed by atoms with Gasteiger partial charge >= 0.3 is 0 Å². The standard InChI is InChI=1S/C13H12O2/c1-3-10-15-13-8-6-12(7-9-13)5-4-11(2)14/h1,4-9H,10H2,2H3. The predicted octanol–water partition coefficient (Wildman–Crippen LogP) is 2.30. The number of carbonyl (C=O) groups excluding carboxylic acids is 1. The average Bonchev–Trinajstić information content (AvgIpc) is 2.25. The number of allylic oxidation sites excluding steroid dienone is 1. The van der Waals surface area contributed by atoms with Crippen LogP contribution in [0.5, 0.6) is 5.75 Å².